The number of carbonyl (C=O) groups is 3. The molecule has 0 radical (unpaired) electrons. The lowest BCUT2D eigenvalue weighted by Gasteiger charge is -2.35. The Morgan fingerprint density at radius 2 is 1.79 bits per heavy atom. The number of nitrogens with one attached hydrogen (secondary N) is 1. The molecule has 1 heterocycles. The maximum absolute atomic E-state index is 13.8. The monoisotopic (exact) mass is 548 g/mol. The first-order chi connectivity index (χ1) is 18.4. The Labute approximate surface area is 226 Å². The molecule has 0 aliphatic carbocycles. The van der Waals surface area contributed by atoms with Crippen LogP contribution in [0.4, 0.5) is 13.6 Å². The molecule has 212 valence electrons. The second-order valence-electron chi connectivity index (χ2n) is 10.4. The predicted octanol–water partition coefficient (Wildman–Crippen LogP) is 4.63. The van der Waals surface area contributed by atoms with Crippen molar-refractivity contribution in [3.8, 4) is 22.6 Å². The number of rotatable bonds is 9. The highest BCUT2D eigenvalue weighted by molar-refractivity contribution is 5.89. The first-order valence-electron chi connectivity index (χ1n) is 12.6. The van der Waals surface area contributed by atoms with Gasteiger partial charge in [-0.15, -0.1) is 0 Å². The largest absolute Gasteiger partial charge is 0.496 e. The molecule has 1 aliphatic heterocycles. The van der Waals surface area contributed by atoms with Gasteiger partial charge in [0.15, 0.2) is 11.6 Å². The van der Waals surface area contributed by atoms with E-state index in [2.05, 4.69) is 5.32 Å². The Kier molecular flexibility index (Phi) is 9.71. The third kappa shape index (κ3) is 8.56. The van der Waals surface area contributed by atoms with E-state index in [4.69, 9.17) is 14.2 Å². The van der Waals surface area contributed by atoms with E-state index in [1.165, 1.54) is 7.11 Å². The fourth-order valence-corrected chi connectivity index (χ4v) is 4.31. The van der Waals surface area contributed by atoms with Crippen LogP contribution in [0.2, 0.25) is 0 Å². The van der Waals surface area contributed by atoms with E-state index < -0.39 is 47.7 Å². The zero-order valence-electron chi connectivity index (χ0n) is 22.5. The molecule has 2 unspecified atom stereocenters. The van der Waals surface area contributed by atoms with Gasteiger partial charge >= 0.3 is 12.1 Å². The van der Waals surface area contributed by atoms with Crippen molar-refractivity contribution in [3.05, 3.63) is 48.0 Å². The Balaban J connectivity index is 1.60. The summed E-state index contributed by atoms with van der Waals surface area (Å²) in [5, 5.41) is 11.7. The molecule has 1 saturated heterocycles. The third-order valence-corrected chi connectivity index (χ3v) is 6.09. The van der Waals surface area contributed by atoms with Crippen LogP contribution < -0.4 is 14.8 Å². The number of likely N-dealkylation sites (tertiary alicyclic amines) is 1. The van der Waals surface area contributed by atoms with E-state index in [0.29, 0.717) is 43.0 Å². The number of ether oxygens (including phenoxy) is 3. The van der Waals surface area contributed by atoms with Crippen LogP contribution in [-0.4, -0.2) is 66.4 Å². The maximum atomic E-state index is 13.8. The highest BCUT2D eigenvalue weighted by atomic mass is 19.2. The smallest absolute Gasteiger partial charge is 0.408 e. The molecule has 2 aromatic rings. The third-order valence-electron chi connectivity index (χ3n) is 6.09. The second kappa shape index (κ2) is 12.8. The van der Waals surface area contributed by atoms with E-state index in [1.807, 2.05) is 0 Å². The maximum Gasteiger partial charge on any atom is 0.408 e. The van der Waals surface area contributed by atoms with Crippen molar-refractivity contribution in [2.24, 2.45) is 5.92 Å². The van der Waals surface area contributed by atoms with Gasteiger partial charge in [-0.25, -0.2) is 13.6 Å². The summed E-state index contributed by atoms with van der Waals surface area (Å²) >= 11 is 0. The number of methoxy groups -OCH3 is 1. The summed E-state index contributed by atoms with van der Waals surface area (Å²) in [5.74, 6) is -2.93. The Morgan fingerprint density at radius 1 is 1.13 bits per heavy atom. The topological polar surface area (TPSA) is 114 Å². The molecule has 0 bridgehead atoms. The van der Waals surface area contributed by atoms with E-state index in [-0.39, 0.29) is 11.7 Å². The molecule has 9 nitrogen and oxygen atoms in total. The number of nitrogens with zero attached hydrogens (tertiary/aromatic N) is 1. The van der Waals surface area contributed by atoms with Gasteiger partial charge in [0.2, 0.25) is 5.91 Å². The number of carbonyl (C=O) groups excluding carboxylic acids is 2. The summed E-state index contributed by atoms with van der Waals surface area (Å²) in [6, 6.07) is 7.64. The van der Waals surface area contributed by atoms with Crippen molar-refractivity contribution in [1.29, 1.82) is 0 Å². The number of amides is 2. The van der Waals surface area contributed by atoms with Gasteiger partial charge in [0.05, 0.1) is 20.1 Å². The highest BCUT2D eigenvalue weighted by Crippen LogP contribution is 2.33. The number of aliphatic carboxylic acids is 1. The van der Waals surface area contributed by atoms with E-state index in [0.717, 1.165) is 18.6 Å². The lowest BCUT2D eigenvalue weighted by Crippen LogP contribution is -2.53. The zero-order chi connectivity index (χ0) is 28.7. The molecule has 2 atom stereocenters. The number of piperidine rings is 1. The van der Waals surface area contributed by atoms with E-state index in [1.54, 1.807) is 49.9 Å². The molecule has 2 amide bonds. The molecule has 1 aliphatic rings. The van der Waals surface area contributed by atoms with Crippen LogP contribution in [0, 0.1) is 17.6 Å². The molecule has 2 aromatic carbocycles. The minimum absolute atomic E-state index is 0.0133. The first-order valence-corrected chi connectivity index (χ1v) is 12.6. The van der Waals surface area contributed by atoms with Gasteiger partial charge < -0.3 is 29.5 Å². The van der Waals surface area contributed by atoms with Crippen molar-refractivity contribution < 1.29 is 42.5 Å². The Bertz CT molecular complexity index is 1180. The fourth-order valence-electron chi connectivity index (χ4n) is 4.31. The molecule has 39 heavy (non-hydrogen) atoms. The van der Waals surface area contributed by atoms with Gasteiger partial charge in [0.25, 0.3) is 0 Å². The number of hydrogen-bond acceptors (Lipinski definition) is 6. The molecule has 2 N–H and O–H groups in total. The summed E-state index contributed by atoms with van der Waals surface area (Å²) in [6.45, 7) is 6.09. The summed E-state index contributed by atoms with van der Waals surface area (Å²) in [6.07, 6.45) is 0.0753. The van der Waals surface area contributed by atoms with Crippen LogP contribution in [0.15, 0.2) is 36.4 Å². The average Bonchev–Trinajstić information content (AvgIpc) is 2.87. The number of carboxylic acids is 1. The van der Waals surface area contributed by atoms with Crippen molar-refractivity contribution >= 4 is 18.0 Å². The SMILES string of the molecule is COc1cc(F)c(F)cc1-c1ccc(OCC2CCCN(C(=O)C(CC(=O)O)NC(=O)OC(C)(C)C)C2)cc1. The van der Waals surface area contributed by atoms with Gasteiger partial charge in [0.1, 0.15) is 23.1 Å². The molecular weight excluding hydrogens is 514 g/mol. The van der Waals surface area contributed by atoms with Crippen LogP contribution >= 0.6 is 0 Å². The zero-order valence-corrected chi connectivity index (χ0v) is 22.5. The van der Waals surface area contributed by atoms with Gasteiger partial charge in [-0.1, -0.05) is 12.1 Å². The lowest BCUT2D eigenvalue weighted by molar-refractivity contribution is -0.143. The van der Waals surface area contributed by atoms with Crippen molar-refractivity contribution in [3.63, 3.8) is 0 Å². The molecule has 0 aromatic heterocycles. The van der Waals surface area contributed by atoms with Crippen molar-refractivity contribution in [2.75, 3.05) is 26.8 Å². The summed E-state index contributed by atoms with van der Waals surface area (Å²) in [5.41, 5.74) is 0.225. The number of hydrogen-bond donors (Lipinski definition) is 2. The standard InChI is InChI=1S/C28H34F2N2O7/c1-28(2,3)39-27(36)31-23(14-25(33)34)26(35)32-11-5-6-17(15-32)16-38-19-9-7-18(8-10-19)20-12-21(29)22(30)13-24(20)37-4/h7-10,12-13,17,23H,5-6,11,14-16H2,1-4H3,(H,31,36)(H,33,34). The van der Waals surface area contributed by atoms with Gasteiger partial charge in [0, 0.05) is 30.6 Å². The Morgan fingerprint density at radius 3 is 2.41 bits per heavy atom. The van der Waals surface area contributed by atoms with Gasteiger partial charge in [-0.05, 0) is 57.4 Å². The lowest BCUT2D eigenvalue weighted by atomic mass is 9.98. The van der Waals surface area contributed by atoms with Gasteiger partial charge in [-0.2, -0.15) is 0 Å². The fraction of sp³-hybridized carbons (Fsp3) is 0.464. The molecule has 0 spiro atoms. The van der Waals surface area contributed by atoms with Crippen molar-refractivity contribution in [2.45, 2.75) is 51.7 Å². The minimum Gasteiger partial charge on any atom is -0.496 e. The summed E-state index contributed by atoms with van der Waals surface area (Å²) in [7, 11) is 1.38. The molecule has 1 fully saturated rings. The quantitative estimate of drug-likeness (QED) is 0.470. The van der Waals surface area contributed by atoms with Crippen molar-refractivity contribution in [1.82, 2.24) is 10.2 Å². The average molecular weight is 549 g/mol. The highest BCUT2D eigenvalue weighted by Gasteiger charge is 2.32. The second-order valence-corrected chi connectivity index (χ2v) is 10.4. The van der Waals surface area contributed by atoms with E-state index >= 15 is 0 Å². The van der Waals surface area contributed by atoms with Gasteiger partial charge in [-0.3, -0.25) is 9.59 Å². The predicted molar refractivity (Wildman–Crippen MR) is 139 cm³/mol. The summed E-state index contributed by atoms with van der Waals surface area (Å²) < 4.78 is 43.6. The number of alkyl carbamates (subject to hydrolysis) is 1. The van der Waals surface area contributed by atoms with Crippen LogP contribution in [0.25, 0.3) is 11.1 Å². The van der Waals surface area contributed by atoms with Crippen LogP contribution in [0.1, 0.15) is 40.0 Å². The van der Waals surface area contributed by atoms with Crippen LogP contribution in [0.5, 0.6) is 11.5 Å². The summed E-state index contributed by atoms with van der Waals surface area (Å²) in [4.78, 5) is 38.2. The number of benzene rings is 2. The van der Waals surface area contributed by atoms with Crippen LogP contribution in [0.3, 0.4) is 0 Å². The molecule has 3 rings (SSSR count). The molecule has 0 saturated carbocycles. The Hall–Kier alpha value is -3.89. The van der Waals surface area contributed by atoms with E-state index in [9.17, 15) is 28.3 Å². The first kappa shape index (κ1) is 29.7. The minimum atomic E-state index is -1.25. The van der Waals surface area contributed by atoms with Crippen LogP contribution in [-0.2, 0) is 14.3 Å². The normalized spacial score (nSPS) is 16.3. The molecule has 11 heteroatoms. The molecular formula is C28H34F2N2O7. The number of halogens is 2. The number of carboxylic acid groups (broad SMARTS) is 1.